The molecular formula is C20H23N3O4S. The lowest BCUT2D eigenvalue weighted by atomic mass is 10.2. The molecule has 1 unspecified atom stereocenters. The highest BCUT2D eigenvalue weighted by Crippen LogP contribution is 2.22. The van der Waals surface area contributed by atoms with Crippen molar-refractivity contribution in [2.45, 2.75) is 44.7 Å². The van der Waals surface area contributed by atoms with Crippen molar-refractivity contribution in [2.75, 3.05) is 0 Å². The smallest absolute Gasteiger partial charge is 0.343 e. The third kappa shape index (κ3) is 3.47. The van der Waals surface area contributed by atoms with Crippen molar-refractivity contribution >= 4 is 27.0 Å². The third-order valence-corrected chi connectivity index (χ3v) is 6.58. The van der Waals surface area contributed by atoms with Gasteiger partial charge in [0.15, 0.2) is 0 Å². The van der Waals surface area contributed by atoms with Gasteiger partial charge in [-0.1, -0.05) is 37.3 Å². The number of rotatable bonds is 6. The fourth-order valence-corrected chi connectivity index (χ4v) is 4.71. The average Bonchev–Trinajstić information content (AvgIpc) is 2.94. The van der Waals surface area contributed by atoms with Crippen molar-refractivity contribution < 1.29 is 13.2 Å². The van der Waals surface area contributed by atoms with Gasteiger partial charge in [-0.25, -0.2) is 13.2 Å². The number of imidazole rings is 1. The standard InChI is InChI=1S/C20H23N3O4S/c1-4-15(3)21-19(24)13-22-16-10-6-7-11-17(16)23(20(22)25)28(26,27)18-12-8-5-9-14(18)2/h5-12,15H,4,13H2,1-3H3,(H,21,24). The Morgan fingerprint density at radius 1 is 1.07 bits per heavy atom. The summed E-state index contributed by atoms with van der Waals surface area (Å²) in [6, 6.07) is 13.0. The van der Waals surface area contributed by atoms with E-state index in [9.17, 15) is 18.0 Å². The molecule has 0 saturated heterocycles. The van der Waals surface area contributed by atoms with Gasteiger partial charge in [0.1, 0.15) is 6.54 Å². The van der Waals surface area contributed by atoms with E-state index >= 15 is 0 Å². The van der Waals surface area contributed by atoms with E-state index in [-0.39, 0.29) is 28.9 Å². The van der Waals surface area contributed by atoms with Crippen LogP contribution in [-0.4, -0.2) is 28.9 Å². The summed E-state index contributed by atoms with van der Waals surface area (Å²) in [7, 11) is -4.12. The van der Waals surface area contributed by atoms with E-state index in [0.29, 0.717) is 11.1 Å². The summed E-state index contributed by atoms with van der Waals surface area (Å²) in [5.74, 6) is -0.340. The molecule has 8 heteroatoms. The van der Waals surface area contributed by atoms with Gasteiger partial charge in [-0.15, -0.1) is 0 Å². The van der Waals surface area contributed by atoms with Crippen molar-refractivity contribution in [1.29, 1.82) is 0 Å². The Kier molecular flexibility index (Phi) is 5.42. The van der Waals surface area contributed by atoms with Crippen molar-refractivity contribution in [3.05, 3.63) is 64.6 Å². The summed E-state index contributed by atoms with van der Waals surface area (Å²) in [5, 5.41) is 2.80. The first-order valence-electron chi connectivity index (χ1n) is 9.08. The minimum Gasteiger partial charge on any atom is -0.352 e. The van der Waals surface area contributed by atoms with Crippen LogP contribution in [-0.2, 0) is 21.4 Å². The van der Waals surface area contributed by atoms with Gasteiger partial charge in [-0.2, -0.15) is 3.97 Å². The first-order valence-corrected chi connectivity index (χ1v) is 10.5. The Morgan fingerprint density at radius 3 is 2.32 bits per heavy atom. The van der Waals surface area contributed by atoms with E-state index in [2.05, 4.69) is 5.32 Å². The van der Waals surface area contributed by atoms with Crippen LogP contribution in [0.2, 0.25) is 0 Å². The topological polar surface area (TPSA) is 90.2 Å². The highest BCUT2D eigenvalue weighted by Gasteiger charge is 2.27. The number of para-hydroxylation sites is 2. The number of aryl methyl sites for hydroxylation is 1. The number of carbonyl (C=O) groups excluding carboxylic acids is 1. The molecule has 0 radical (unpaired) electrons. The number of nitrogens with one attached hydrogen (secondary N) is 1. The van der Waals surface area contributed by atoms with Crippen LogP contribution in [0.15, 0.2) is 58.2 Å². The van der Waals surface area contributed by atoms with Crippen molar-refractivity contribution in [3.63, 3.8) is 0 Å². The summed E-state index contributed by atoms with van der Waals surface area (Å²) in [5.41, 5.74) is 0.417. The number of carbonyl (C=O) groups is 1. The quantitative estimate of drug-likeness (QED) is 0.686. The number of benzene rings is 2. The summed E-state index contributed by atoms with van der Waals surface area (Å²) >= 11 is 0. The Balaban J connectivity index is 2.18. The second-order valence-electron chi connectivity index (χ2n) is 6.77. The van der Waals surface area contributed by atoms with Gasteiger partial charge in [-0.05, 0) is 44.0 Å². The van der Waals surface area contributed by atoms with Crippen LogP contribution in [0.4, 0.5) is 0 Å². The van der Waals surface area contributed by atoms with Crippen LogP contribution in [0, 0.1) is 6.92 Å². The zero-order valence-electron chi connectivity index (χ0n) is 16.0. The maximum Gasteiger partial charge on any atom is 0.343 e. The molecule has 7 nitrogen and oxygen atoms in total. The summed E-state index contributed by atoms with van der Waals surface area (Å²) in [4.78, 5) is 25.5. The van der Waals surface area contributed by atoms with Crippen LogP contribution in [0.3, 0.4) is 0 Å². The van der Waals surface area contributed by atoms with E-state index in [1.165, 1.54) is 10.6 Å². The normalized spacial score (nSPS) is 12.8. The largest absolute Gasteiger partial charge is 0.352 e. The van der Waals surface area contributed by atoms with Crippen LogP contribution >= 0.6 is 0 Å². The lowest BCUT2D eigenvalue weighted by molar-refractivity contribution is -0.122. The van der Waals surface area contributed by atoms with Crippen molar-refractivity contribution in [2.24, 2.45) is 0 Å². The average molecular weight is 401 g/mol. The lowest BCUT2D eigenvalue weighted by Crippen LogP contribution is -2.38. The molecule has 28 heavy (non-hydrogen) atoms. The molecule has 1 heterocycles. The molecule has 0 saturated carbocycles. The fourth-order valence-electron chi connectivity index (χ4n) is 3.08. The SMILES string of the molecule is CCC(C)NC(=O)Cn1c(=O)n(S(=O)(=O)c2ccccc2C)c2ccccc21. The predicted molar refractivity (Wildman–Crippen MR) is 108 cm³/mol. The zero-order chi connectivity index (χ0) is 20.5. The Morgan fingerprint density at radius 2 is 1.68 bits per heavy atom. The Labute approximate surface area is 163 Å². The van der Waals surface area contributed by atoms with Crippen LogP contribution in [0.1, 0.15) is 25.8 Å². The molecule has 1 atom stereocenters. The highest BCUT2D eigenvalue weighted by molar-refractivity contribution is 7.90. The lowest BCUT2D eigenvalue weighted by Gasteiger charge is -2.11. The summed E-state index contributed by atoms with van der Waals surface area (Å²) in [6.45, 7) is 5.24. The highest BCUT2D eigenvalue weighted by atomic mass is 32.2. The molecule has 3 aromatic rings. The van der Waals surface area contributed by atoms with Crippen LogP contribution in [0.25, 0.3) is 11.0 Å². The minimum atomic E-state index is -4.12. The van der Waals surface area contributed by atoms with Gasteiger partial charge >= 0.3 is 5.69 Å². The molecule has 1 aromatic heterocycles. The van der Waals surface area contributed by atoms with E-state index < -0.39 is 15.7 Å². The Bertz CT molecular complexity index is 1190. The fraction of sp³-hybridized carbons (Fsp3) is 0.300. The van der Waals surface area contributed by atoms with Crippen LogP contribution < -0.4 is 11.0 Å². The van der Waals surface area contributed by atoms with Crippen LogP contribution in [0.5, 0.6) is 0 Å². The molecule has 0 bridgehead atoms. The van der Waals surface area contributed by atoms with E-state index in [1.807, 2.05) is 13.8 Å². The summed E-state index contributed by atoms with van der Waals surface area (Å²) in [6.07, 6.45) is 0.754. The summed E-state index contributed by atoms with van der Waals surface area (Å²) < 4.78 is 28.5. The number of nitrogens with zero attached hydrogens (tertiary/aromatic N) is 2. The molecular weight excluding hydrogens is 378 g/mol. The maximum absolute atomic E-state index is 13.3. The molecule has 0 fully saturated rings. The number of fused-ring (bicyclic) bond motifs is 1. The molecule has 0 aliphatic heterocycles. The van der Waals surface area contributed by atoms with Gasteiger partial charge in [0.05, 0.1) is 15.9 Å². The number of amides is 1. The van der Waals surface area contributed by atoms with E-state index in [4.69, 9.17) is 0 Å². The van der Waals surface area contributed by atoms with E-state index in [0.717, 1.165) is 10.4 Å². The third-order valence-electron chi connectivity index (χ3n) is 4.73. The molecule has 1 amide bonds. The number of hydrogen-bond donors (Lipinski definition) is 1. The predicted octanol–water partition coefficient (Wildman–Crippen LogP) is 2.26. The molecule has 3 rings (SSSR count). The first-order chi connectivity index (χ1) is 13.3. The van der Waals surface area contributed by atoms with Gasteiger partial charge in [0.25, 0.3) is 10.0 Å². The van der Waals surface area contributed by atoms with E-state index in [1.54, 1.807) is 49.4 Å². The minimum absolute atomic E-state index is 0.0350. The van der Waals surface area contributed by atoms with Crippen molar-refractivity contribution in [3.8, 4) is 0 Å². The van der Waals surface area contributed by atoms with Gasteiger partial charge in [0.2, 0.25) is 5.91 Å². The van der Waals surface area contributed by atoms with Gasteiger partial charge in [-0.3, -0.25) is 9.36 Å². The first kappa shape index (κ1) is 19.9. The molecule has 0 aliphatic carbocycles. The number of hydrogen-bond acceptors (Lipinski definition) is 4. The zero-order valence-corrected chi connectivity index (χ0v) is 16.9. The number of aromatic nitrogens is 2. The Hall–Kier alpha value is -2.87. The molecule has 0 spiro atoms. The van der Waals surface area contributed by atoms with Gasteiger partial charge < -0.3 is 5.32 Å². The molecule has 1 N–H and O–H groups in total. The molecule has 2 aromatic carbocycles. The van der Waals surface area contributed by atoms with Gasteiger partial charge in [0, 0.05) is 6.04 Å². The second kappa shape index (κ2) is 7.63. The second-order valence-corrected chi connectivity index (χ2v) is 8.52. The molecule has 0 aliphatic rings. The van der Waals surface area contributed by atoms with Crippen molar-refractivity contribution in [1.82, 2.24) is 13.9 Å². The maximum atomic E-state index is 13.3. The monoisotopic (exact) mass is 401 g/mol. The molecule has 148 valence electrons.